The molecule has 3 rings (SSSR count). The van der Waals surface area contributed by atoms with Gasteiger partial charge in [-0.3, -0.25) is 9.59 Å². The average Bonchev–Trinajstić information content (AvgIpc) is 3.40. The number of nitrogens with one attached hydrogen (secondary N) is 3. The van der Waals surface area contributed by atoms with Crippen LogP contribution in [0.15, 0.2) is 72.1 Å². The predicted octanol–water partition coefficient (Wildman–Crippen LogP) is 4.62. The molecule has 4 amide bonds. The van der Waals surface area contributed by atoms with Crippen molar-refractivity contribution in [3.63, 3.8) is 0 Å². The first-order valence-electron chi connectivity index (χ1n) is 12.9. The van der Waals surface area contributed by atoms with Crippen LogP contribution in [0.5, 0.6) is 0 Å². The lowest BCUT2D eigenvalue weighted by Gasteiger charge is -2.30. The van der Waals surface area contributed by atoms with Gasteiger partial charge in [-0.15, -0.1) is 11.3 Å². The summed E-state index contributed by atoms with van der Waals surface area (Å²) in [4.78, 5) is 41.0. The van der Waals surface area contributed by atoms with Crippen molar-refractivity contribution in [3.05, 3.63) is 88.1 Å². The first-order valence-corrected chi connectivity index (χ1v) is 13.8. The molecule has 0 radical (unpaired) electrons. The predicted molar refractivity (Wildman–Crippen MR) is 152 cm³/mol. The molecule has 0 unspecified atom stereocenters. The maximum absolute atomic E-state index is 13.5. The van der Waals surface area contributed by atoms with Gasteiger partial charge >= 0.3 is 6.03 Å². The molecule has 208 valence electrons. The van der Waals surface area contributed by atoms with Gasteiger partial charge in [0, 0.05) is 26.3 Å². The third kappa shape index (κ3) is 9.51. The summed E-state index contributed by atoms with van der Waals surface area (Å²) in [6.07, 6.45) is -0.585. The molecule has 0 aliphatic carbocycles. The Hall–Kier alpha value is -3.73. The molecule has 0 aliphatic heterocycles. The fraction of sp³-hybridized carbons (Fsp3) is 0.345. The third-order valence-electron chi connectivity index (χ3n) is 5.74. The highest BCUT2D eigenvalue weighted by Crippen LogP contribution is 2.22. The largest absolute Gasteiger partial charge is 0.351 e. The molecule has 10 heteroatoms. The second-order valence-electron chi connectivity index (χ2n) is 8.70. The number of hydrogen-bond donors (Lipinski definition) is 3. The number of anilines is 1. The Kier molecular flexibility index (Phi) is 11.9. The molecule has 3 N–H and O–H groups in total. The van der Waals surface area contributed by atoms with Crippen molar-refractivity contribution in [1.82, 2.24) is 15.5 Å². The second kappa shape index (κ2) is 15.6. The molecule has 1 atom stereocenters. The molecule has 0 spiro atoms. The topological polar surface area (TPSA) is 109 Å². The Labute approximate surface area is 233 Å². The van der Waals surface area contributed by atoms with Gasteiger partial charge in [-0.05, 0) is 43.3 Å². The van der Waals surface area contributed by atoms with Crippen LogP contribution in [0, 0.1) is 0 Å². The number of carbonyl (C=O) groups is 3. The van der Waals surface area contributed by atoms with Crippen molar-refractivity contribution < 1.29 is 23.9 Å². The maximum atomic E-state index is 13.5. The van der Waals surface area contributed by atoms with Gasteiger partial charge in [-0.25, -0.2) is 4.79 Å². The number of rotatable bonds is 14. The minimum Gasteiger partial charge on any atom is -0.351 e. The van der Waals surface area contributed by atoms with E-state index >= 15 is 0 Å². The highest BCUT2D eigenvalue weighted by Gasteiger charge is 2.27. The standard InChI is InChI=1S/C29H36N4O5S/c1-4-37-25(38-5-2)20-33(19-23-14-10-7-11-15-23)28(35)21(3)31-27(34)26-24(16-17-39-26)32-29(36)30-18-22-12-8-6-9-13-22/h6-17,21,25H,4-5,18-20H2,1-3H3,(H,31,34)(H2,30,32,36)/t21-/m0/s1. The molecule has 0 aliphatic rings. The molecule has 1 aromatic heterocycles. The van der Waals surface area contributed by atoms with Crippen LogP contribution in [-0.4, -0.2) is 54.8 Å². The molecular weight excluding hydrogens is 516 g/mol. The van der Waals surface area contributed by atoms with E-state index in [9.17, 15) is 14.4 Å². The van der Waals surface area contributed by atoms with Crippen molar-refractivity contribution in [2.75, 3.05) is 25.1 Å². The first-order chi connectivity index (χ1) is 18.9. The van der Waals surface area contributed by atoms with E-state index < -0.39 is 24.3 Å². The average molecular weight is 553 g/mol. The molecule has 0 fully saturated rings. The number of thiophene rings is 1. The van der Waals surface area contributed by atoms with Crippen molar-refractivity contribution in [1.29, 1.82) is 0 Å². The van der Waals surface area contributed by atoms with Gasteiger partial charge in [-0.1, -0.05) is 60.7 Å². The second-order valence-corrected chi connectivity index (χ2v) is 9.61. The Bertz CT molecular complexity index is 1180. The van der Waals surface area contributed by atoms with E-state index in [0.717, 1.165) is 11.1 Å². The highest BCUT2D eigenvalue weighted by molar-refractivity contribution is 7.12. The van der Waals surface area contributed by atoms with Crippen LogP contribution in [0.4, 0.5) is 10.5 Å². The lowest BCUT2D eigenvalue weighted by atomic mass is 10.2. The zero-order valence-corrected chi connectivity index (χ0v) is 23.3. The SMILES string of the molecule is CCOC(CN(Cc1ccccc1)C(=O)[C@H](C)NC(=O)c1sccc1NC(=O)NCc1ccccc1)OCC. The number of carbonyl (C=O) groups excluding carboxylic acids is 3. The number of amides is 4. The van der Waals surface area contributed by atoms with Crippen LogP contribution < -0.4 is 16.0 Å². The molecule has 3 aromatic rings. The van der Waals surface area contributed by atoms with Crippen LogP contribution in [0.3, 0.4) is 0 Å². The van der Waals surface area contributed by atoms with Crippen LogP contribution in [-0.2, 0) is 27.4 Å². The van der Waals surface area contributed by atoms with E-state index in [1.54, 1.807) is 23.3 Å². The number of hydrogen-bond acceptors (Lipinski definition) is 6. The summed E-state index contributed by atoms with van der Waals surface area (Å²) in [5, 5.41) is 10.00. The first kappa shape index (κ1) is 29.8. The van der Waals surface area contributed by atoms with E-state index in [0.29, 0.717) is 36.9 Å². The Morgan fingerprint density at radius 2 is 1.51 bits per heavy atom. The summed E-state index contributed by atoms with van der Waals surface area (Å²) in [6, 6.07) is 19.5. The highest BCUT2D eigenvalue weighted by atomic mass is 32.1. The Morgan fingerprint density at radius 3 is 2.13 bits per heavy atom. The summed E-state index contributed by atoms with van der Waals surface area (Å²) in [7, 11) is 0. The van der Waals surface area contributed by atoms with E-state index in [1.807, 2.05) is 74.5 Å². The van der Waals surface area contributed by atoms with Crippen LogP contribution in [0.1, 0.15) is 41.6 Å². The fourth-order valence-corrected chi connectivity index (χ4v) is 4.62. The van der Waals surface area contributed by atoms with Crippen molar-refractivity contribution in [3.8, 4) is 0 Å². The van der Waals surface area contributed by atoms with Gasteiger partial charge in [0.05, 0.1) is 12.2 Å². The number of urea groups is 1. The molecule has 0 saturated heterocycles. The Morgan fingerprint density at radius 1 is 0.897 bits per heavy atom. The van der Waals surface area contributed by atoms with Crippen LogP contribution in [0.2, 0.25) is 0 Å². The van der Waals surface area contributed by atoms with Crippen LogP contribution >= 0.6 is 11.3 Å². The van der Waals surface area contributed by atoms with E-state index in [-0.39, 0.29) is 12.5 Å². The molecule has 0 bridgehead atoms. The van der Waals surface area contributed by atoms with Crippen molar-refractivity contribution in [2.24, 2.45) is 0 Å². The molecular formula is C29H36N4O5S. The zero-order valence-electron chi connectivity index (χ0n) is 22.5. The zero-order chi connectivity index (χ0) is 28.0. The monoisotopic (exact) mass is 552 g/mol. The van der Waals surface area contributed by atoms with Crippen molar-refractivity contribution in [2.45, 2.75) is 46.2 Å². The molecule has 1 heterocycles. The van der Waals surface area contributed by atoms with Gasteiger partial charge in [0.1, 0.15) is 10.9 Å². The summed E-state index contributed by atoms with van der Waals surface area (Å²) in [6.45, 7) is 7.16. The summed E-state index contributed by atoms with van der Waals surface area (Å²) >= 11 is 1.18. The van der Waals surface area contributed by atoms with Gasteiger partial charge < -0.3 is 30.3 Å². The maximum Gasteiger partial charge on any atom is 0.319 e. The van der Waals surface area contributed by atoms with Gasteiger partial charge in [0.2, 0.25) is 5.91 Å². The van der Waals surface area contributed by atoms with E-state index in [1.165, 1.54) is 11.3 Å². The van der Waals surface area contributed by atoms with E-state index in [2.05, 4.69) is 16.0 Å². The van der Waals surface area contributed by atoms with Gasteiger partial charge in [0.15, 0.2) is 6.29 Å². The molecule has 2 aromatic carbocycles. The third-order valence-corrected chi connectivity index (χ3v) is 6.65. The number of nitrogens with zero attached hydrogens (tertiary/aromatic N) is 1. The lowest BCUT2D eigenvalue weighted by molar-refractivity contribution is -0.160. The minimum atomic E-state index is -0.827. The van der Waals surface area contributed by atoms with Crippen LogP contribution in [0.25, 0.3) is 0 Å². The fourth-order valence-electron chi connectivity index (χ4n) is 3.87. The number of ether oxygens (including phenoxy) is 2. The Balaban J connectivity index is 1.64. The van der Waals surface area contributed by atoms with Crippen molar-refractivity contribution >= 4 is 34.9 Å². The molecule has 9 nitrogen and oxygen atoms in total. The lowest BCUT2D eigenvalue weighted by Crippen LogP contribution is -2.49. The molecule has 0 saturated carbocycles. The van der Waals surface area contributed by atoms with Gasteiger partial charge in [0.25, 0.3) is 5.91 Å². The van der Waals surface area contributed by atoms with Gasteiger partial charge in [-0.2, -0.15) is 0 Å². The quantitative estimate of drug-likeness (QED) is 0.253. The summed E-state index contributed by atoms with van der Waals surface area (Å²) in [5.74, 6) is -0.724. The normalized spacial score (nSPS) is 11.6. The number of benzene rings is 2. The summed E-state index contributed by atoms with van der Waals surface area (Å²) < 4.78 is 11.3. The summed E-state index contributed by atoms with van der Waals surface area (Å²) in [5.41, 5.74) is 2.28. The molecule has 39 heavy (non-hydrogen) atoms. The minimum absolute atomic E-state index is 0.211. The smallest absolute Gasteiger partial charge is 0.319 e. The van der Waals surface area contributed by atoms with E-state index in [4.69, 9.17) is 9.47 Å².